The van der Waals surface area contributed by atoms with Crippen LogP contribution in [0, 0.1) is 0 Å². The predicted octanol–water partition coefficient (Wildman–Crippen LogP) is 0.443. The number of hydrogen-bond donors (Lipinski definition) is 4. The van der Waals surface area contributed by atoms with Crippen LogP contribution in [0.2, 0.25) is 0 Å². The van der Waals surface area contributed by atoms with E-state index in [9.17, 15) is 10.2 Å². The Morgan fingerprint density at radius 2 is 1.71 bits per heavy atom. The third kappa shape index (κ3) is 4.83. The Kier molecular flexibility index (Phi) is 6.81. The van der Waals surface area contributed by atoms with Crippen molar-refractivity contribution in [1.29, 1.82) is 0 Å². The minimum absolute atomic E-state index is 0.00331. The highest BCUT2D eigenvalue weighted by atomic mass is 16.3. The molecule has 0 aliphatic rings. The van der Waals surface area contributed by atoms with Crippen LogP contribution in [-0.4, -0.2) is 41.2 Å². The Morgan fingerprint density at radius 3 is 2.24 bits per heavy atom. The van der Waals surface area contributed by atoms with E-state index in [1.54, 1.807) is 0 Å². The van der Waals surface area contributed by atoms with Crippen molar-refractivity contribution in [1.82, 2.24) is 5.32 Å². The summed E-state index contributed by atoms with van der Waals surface area (Å²) in [5, 5.41) is 30.5. The molecule has 0 radical (unpaired) electrons. The Hall–Kier alpha value is -0.940. The van der Waals surface area contributed by atoms with Crippen molar-refractivity contribution in [2.24, 2.45) is 0 Å². The fraction of sp³-hybridized carbons (Fsp3) is 0.538. The van der Waals surface area contributed by atoms with Gasteiger partial charge in [0.25, 0.3) is 0 Å². The second-order valence-corrected chi connectivity index (χ2v) is 4.06. The van der Waals surface area contributed by atoms with Crippen LogP contribution in [0.25, 0.3) is 0 Å². The van der Waals surface area contributed by atoms with Crippen molar-refractivity contribution in [3.8, 4) is 0 Å². The van der Waals surface area contributed by atoms with E-state index < -0.39 is 0 Å². The lowest BCUT2D eigenvalue weighted by molar-refractivity contribution is 0.180. The van der Waals surface area contributed by atoms with Crippen molar-refractivity contribution < 1.29 is 15.3 Å². The fourth-order valence-electron chi connectivity index (χ4n) is 1.79. The lowest BCUT2D eigenvalue weighted by Crippen LogP contribution is -2.37. The molecule has 0 saturated heterocycles. The molecular formula is C13H21NO3. The second-order valence-electron chi connectivity index (χ2n) is 4.06. The molecule has 0 heterocycles. The van der Waals surface area contributed by atoms with Gasteiger partial charge in [-0.25, -0.2) is 0 Å². The standard InChI is InChI=1S/C13H21NO3/c15-8-4-7-12(9-16)14-13(10-17)11-5-2-1-3-6-11/h1-3,5-6,12-17H,4,7-10H2/t12-,13-/m0/s1. The van der Waals surface area contributed by atoms with Crippen LogP contribution in [-0.2, 0) is 0 Å². The van der Waals surface area contributed by atoms with Crippen LogP contribution in [0.4, 0.5) is 0 Å². The van der Waals surface area contributed by atoms with Gasteiger partial charge in [0.1, 0.15) is 0 Å². The molecule has 96 valence electrons. The lowest BCUT2D eigenvalue weighted by Gasteiger charge is -2.23. The van der Waals surface area contributed by atoms with Crippen molar-refractivity contribution >= 4 is 0 Å². The van der Waals surface area contributed by atoms with Gasteiger partial charge in [-0.3, -0.25) is 0 Å². The van der Waals surface area contributed by atoms with Crippen LogP contribution < -0.4 is 5.32 Å². The van der Waals surface area contributed by atoms with Gasteiger partial charge in [0.2, 0.25) is 0 Å². The van der Waals surface area contributed by atoms with Gasteiger partial charge in [-0.2, -0.15) is 0 Å². The monoisotopic (exact) mass is 239 g/mol. The molecule has 0 aromatic heterocycles. The Balaban J connectivity index is 2.56. The lowest BCUT2D eigenvalue weighted by atomic mass is 10.1. The maximum Gasteiger partial charge on any atom is 0.0626 e. The van der Waals surface area contributed by atoms with E-state index in [-0.39, 0.29) is 31.9 Å². The SMILES string of the molecule is OCCC[C@@H](CO)N[C@@H](CO)c1ccccc1. The topological polar surface area (TPSA) is 72.7 Å². The molecule has 4 N–H and O–H groups in total. The number of aliphatic hydroxyl groups excluding tert-OH is 3. The van der Waals surface area contributed by atoms with Gasteiger partial charge in [0.15, 0.2) is 0 Å². The summed E-state index contributed by atoms with van der Waals surface area (Å²) in [6, 6.07) is 9.37. The van der Waals surface area contributed by atoms with Gasteiger partial charge in [-0.1, -0.05) is 30.3 Å². The van der Waals surface area contributed by atoms with Crippen LogP contribution in [0.15, 0.2) is 30.3 Å². The first-order chi connectivity index (χ1) is 8.31. The van der Waals surface area contributed by atoms with Gasteiger partial charge in [0, 0.05) is 12.6 Å². The summed E-state index contributed by atoms with van der Waals surface area (Å²) in [5.74, 6) is 0. The van der Waals surface area contributed by atoms with Crippen LogP contribution >= 0.6 is 0 Å². The Bertz CT molecular complexity index is 292. The summed E-state index contributed by atoms with van der Waals surface area (Å²) < 4.78 is 0. The van der Waals surface area contributed by atoms with Gasteiger partial charge in [-0.05, 0) is 18.4 Å². The van der Waals surface area contributed by atoms with Crippen molar-refractivity contribution in [3.63, 3.8) is 0 Å². The van der Waals surface area contributed by atoms with Crippen LogP contribution in [0.5, 0.6) is 0 Å². The third-order valence-electron chi connectivity index (χ3n) is 2.75. The second kappa shape index (κ2) is 8.20. The molecule has 0 bridgehead atoms. The zero-order valence-corrected chi connectivity index (χ0v) is 9.92. The van der Waals surface area contributed by atoms with Crippen molar-refractivity contribution in [2.45, 2.75) is 24.9 Å². The number of nitrogens with one attached hydrogen (secondary N) is 1. The fourth-order valence-corrected chi connectivity index (χ4v) is 1.79. The number of hydrogen-bond acceptors (Lipinski definition) is 4. The van der Waals surface area contributed by atoms with E-state index in [1.165, 1.54) is 0 Å². The highest BCUT2D eigenvalue weighted by Crippen LogP contribution is 2.13. The molecule has 0 aliphatic heterocycles. The highest BCUT2D eigenvalue weighted by molar-refractivity contribution is 5.19. The van der Waals surface area contributed by atoms with Crippen molar-refractivity contribution in [3.05, 3.63) is 35.9 Å². The van der Waals surface area contributed by atoms with Gasteiger partial charge in [-0.15, -0.1) is 0 Å². The molecule has 17 heavy (non-hydrogen) atoms. The minimum Gasteiger partial charge on any atom is -0.396 e. The molecule has 0 amide bonds. The summed E-state index contributed by atoms with van der Waals surface area (Å²) in [6.07, 6.45) is 1.33. The van der Waals surface area contributed by atoms with Crippen LogP contribution in [0.1, 0.15) is 24.4 Å². The molecular weight excluding hydrogens is 218 g/mol. The smallest absolute Gasteiger partial charge is 0.0626 e. The molecule has 4 heteroatoms. The summed E-state index contributed by atoms with van der Waals surface area (Å²) in [4.78, 5) is 0. The average molecular weight is 239 g/mol. The van der Waals surface area contributed by atoms with E-state index in [2.05, 4.69) is 5.32 Å². The molecule has 0 saturated carbocycles. The quantitative estimate of drug-likeness (QED) is 0.531. The maximum absolute atomic E-state index is 9.36. The zero-order valence-electron chi connectivity index (χ0n) is 9.92. The molecule has 2 atom stereocenters. The zero-order chi connectivity index (χ0) is 12.5. The molecule has 0 spiro atoms. The number of rotatable bonds is 8. The maximum atomic E-state index is 9.36. The summed E-state index contributed by atoms with van der Waals surface area (Å²) in [7, 11) is 0. The predicted molar refractivity (Wildman–Crippen MR) is 66.6 cm³/mol. The molecule has 1 aromatic carbocycles. The molecule has 1 aromatic rings. The first-order valence-electron chi connectivity index (χ1n) is 5.95. The summed E-state index contributed by atoms with van der Waals surface area (Å²) in [6.45, 7) is 0.107. The first kappa shape index (κ1) is 14.1. The molecule has 1 rings (SSSR count). The van der Waals surface area contributed by atoms with Crippen LogP contribution in [0.3, 0.4) is 0 Å². The van der Waals surface area contributed by atoms with Crippen molar-refractivity contribution in [2.75, 3.05) is 19.8 Å². The van der Waals surface area contributed by atoms with Gasteiger partial charge < -0.3 is 20.6 Å². The normalized spacial score (nSPS) is 14.5. The largest absolute Gasteiger partial charge is 0.396 e. The summed E-state index contributed by atoms with van der Waals surface area (Å²) >= 11 is 0. The van der Waals surface area contributed by atoms with E-state index in [0.29, 0.717) is 12.8 Å². The number of aliphatic hydroxyl groups is 3. The third-order valence-corrected chi connectivity index (χ3v) is 2.75. The van der Waals surface area contributed by atoms with E-state index in [1.807, 2.05) is 30.3 Å². The van der Waals surface area contributed by atoms with Gasteiger partial charge in [0.05, 0.1) is 19.3 Å². The molecule has 0 aliphatic carbocycles. The van der Waals surface area contributed by atoms with Gasteiger partial charge >= 0.3 is 0 Å². The Morgan fingerprint density at radius 1 is 1.00 bits per heavy atom. The molecule has 0 fully saturated rings. The number of benzene rings is 1. The average Bonchev–Trinajstić information content (AvgIpc) is 2.40. The summed E-state index contributed by atoms with van der Waals surface area (Å²) in [5.41, 5.74) is 0.998. The molecule has 0 unspecified atom stereocenters. The Labute approximate surface area is 102 Å². The minimum atomic E-state index is -0.174. The van der Waals surface area contributed by atoms with E-state index in [4.69, 9.17) is 5.11 Å². The van der Waals surface area contributed by atoms with E-state index >= 15 is 0 Å². The molecule has 4 nitrogen and oxygen atoms in total. The first-order valence-corrected chi connectivity index (χ1v) is 5.95. The van der Waals surface area contributed by atoms with E-state index in [0.717, 1.165) is 5.56 Å². The highest BCUT2D eigenvalue weighted by Gasteiger charge is 2.15.